The van der Waals surface area contributed by atoms with Crippen molar-refractivity contribution in [2.75, 3.05) is 44.7 Å². The van der Waals surface area contributed by atoms with Crippen LogP contribution in [0.15, 0.2) is 18.3 Å². The molecule has 0 aromatic carbocycles. The van der Waals surface area contributed by atoms with E-state index in [2.05, 4.69) is 20.4 Å². The summed E-state index contributed by atoms with van der Waals surface area (Å²) in [5, 5.41) is 11.0. The van der Waals surface area contributed by atoms with Crippen molar-refractivity contribution in [1.29, 1.82) is 0 Å². The first-order chi connectivity index (χ1) is 7.95. The highest BCUT2D eigenvalue weighted by molar-refractivity contribution is 5.30. The van der Waals surface area contributed by atoms with Gasteiger partial charge in [-0.25, -0.2) is 0 Å². The summed E-state index contributed by atoms with van der Waals surface area (Å²) < 4.78 is 5.30. The molecule has 0 aliphatic carbocycles. The highest BCUT2D eigenvalue weighted by Gasteiger charge is 2.08. The quantitative estimate of drug-likeness (QED) is 0.740. The van der Waals surface area contributed by atoms with E-state index >= 15 is 0 Å². The van der Waals surface area contributed by atoms with Crippen molar-refractivity contribution < 1.29 is 4.74 Å². The number of anilines is 1. The average Bonchev–Trinajstić information content (AvgIpc) is 2.37. The lowest BCUT2D eigenvalue weighted by Gasteiger charge is -2.26. The molecule has 1 fully saturated rings. The van der Waals surface area contributed by atoms with Crippen LogP contribution in [0, 0.1) is 0 Å². The molecule has 2 heterocycles. The van der Waals surface area contributed by atoms with Gasteiger partial charge in [0.25, 0.3) is 0 Å². The normalized spacial score (nSPS) is 17.2. The van der Waals surface area contributed by atoms with E-state index in [1.54, 1.807) is 6.20 Å². The van der Waals surface area contributed by atoms with Gasteiger partial charge in [0.05, 0.1) is 13.2 Å². The van der Waals surface area contributed by atoms with E-state index in [1.165, 1.54) is 0 Å². The van der Waals surface area contributed by atoms with Gasteiger partial charge in [0.15, 0.2) is 0 Å². The third-order valence-electron chi connectivity index (χ3n) is 2.63. The molecule has 0 saturated carbocycles. The molecule has 0 amide bonds. The Morgan fingerprint density at radius 2 is 2.25 bits per heavy atom. The second-order valence-corrected chi connectivity index (χ2v) is 3.84. The third kappa shape index (κ3) is 3.75. The molecule has 16 heavy (non-hydrogen) atoms. The van der Waals surface area contributed by atoms with Gasteiger partial charge in [-0.2, -0.15) is 5.10 Å². The lowest BCUT2D eigenvalue weighted by Crippen LogP contribution is -2.37. The smallest absolute Gasteiger partial charge is 0.148 e. The molecule has 0 spiro atoms. The van der Waals surface area contributed by atoms with Crippen LogP contribution in [0.3, 0.4) is 0 Å². The minimum absolute atomic E-state index is 0.851. The van der Waals surface area contributed by atoms with E-state index < -0.39 is 0 Å². The van der Waals surface area contributed by atoms with E-state index in [0.717, 1.165) is 51.6 Å². The fourth-order valence-electron chi connectivity index (χ4n) is 1.74. The first-order valence-electron chi connectivity index (χ1n) is 5.77. The molecule has 1 aliphatic rings. The summed E-state index contributed by atoms with van der Waals surface area (Å²) in [6, 6.07) is 3.82. The predicted molar refractivity (Wildman–Crippen MR) is 62.4 cm³/mol. The van der Waals surface area contributed by atoms with Crippen LogP contribution in [-0.4, -0.2) is 54.5 Å². The fourth-order valence-corrected chi connectivity index (χ4v) is 1.74. The summed E-state index contributed by atoms with van der Waals surface area (Å²) in [6.07, 6.45) is 2.80. The Labute approximate surface area is 95.8 Å². The summed E-state index contributed by atoms with van der Waals surface area (Å²) in [7, 11) is 0. The Morgan fingerprint density at radius 3 is 3.00 bits per heavy atom. The van der Waals surface area contributed by atoms with Gasteiger partial charge in [0, 0.05) is 25.8 Å². The summed E-state index contributed by atoms with van der Waals surface area (Å²) >= 11 is 0. The number of hydrogen-bond donors (Lipinski definition) is 1. The number of morpholine rings is 1. The molecule has 0 atom stereocenters. The number of aromatic nitrogens is 2. The topological polar surface area (TPSA) is 50.3 Å². The predicted octanol–water partition coefficient (Wildman–Crippen LogP) is 0.611. The zero-order valence-electron chi connectivity index (χ0n) is 9.43. The van der Waals surface area contributed by atoms with Crippen LogP contribution >= 0.6 is 0 Å². The molecule has 0 radical (unpaired) electrons. The maximum atomic E-state index is 5.30. The molecule has 5 heteroatoms. The Balaban J connectivity index is 1.58. The maximum Gasteiger partial charge on any atom is 0.148 e. The first-order valence-corrected chi connectivity index (χ1v) is 5.77. The Bertz CT molecular complexity index is 287. The van der Waals surface area contributed by atoms with E-state index in [1.807, 2.05) is 12.1 Å². The molecule has 1 N–H and O–H groups in total. The second kappa shape index (κ2) is 6.40. The molecular weight excluding hydrogens is 204 g/mol. The van der Waals surface area contributed by atoms with Gasteiger partial charge in [0.2, 0.25) is 0 Å². The monoisotopic (exact) mass is 222 g/mol. The van der Waals surface area contributed by atoms with Crippen molar-refractivity contribution in [3.63, 3.8) is 0 Å². The van der Waals surface area contributed by atoms with Crippen molar-refractivity contribution in [1.82, 2.24) is 15.1 Å². The van der Waals surface area contributed by atoms with Gasteiger partial charge in [0.1, 0.15) is 5.82 Å². The molecule has 0 bridgehead atoms. The lowest BCUT2D eigenvalue weighted by atomic mass is 10.3. The molecule has 2 rings (SSSR count). The van der Waals surface area contributed by atoms with Gasteiger partial charge >= 0.3 is 0 Å². The van der Waals surface area contributed by atoms with Crippen molar-refractivity contribution in [2.45, 2.75) is 6.42 Å². The summed E-state index contributed by atoms with van der Waals surface area (Å²) in [6.45, 7) is 5.93. The number of rotatable bonds is 5. The first kappa shape index (κ1) is 11.3. The standard InChI is InChI=1S/C11H18N4O/c1-3-11(14-13-5-1)12-4-2-6-15-7-9-16-10-8-15/h1,3,5H,2,4,6-10H2,(H,12,14). The molecule has 88 valence electrons. The molecule has 1 aromatic heterocycles. The van der Waals surface area contributed by atoms with Crippen molar-refractivity contribution in [3.8, 4) is 0 Å². The molecule has 1 aliphatic heterocycles. The molecule has 0 unspecified atom stereocenters. The summed E-state index contributed by atoms with van der Waals surface area (Å²) in [5.74, 6) is 0.851. The van der Waals surface area contributed by atoms with E-state index in [0.29, 0.717) is 0 Å². The van der Waals surface area contributed by atoms with Crippen LogP contribution in [0.5, 0.6) is 0 Å². The van der Waals surface area contributed by atoms with E-state index in [-0.39, 0.29) is 0 Å². The number of nitrogens with zero attached hydrogens (tertiary/aromatic N) is 3. The number of hydrogen-bond acceptors (Lipinski definition) is 5. The molecule has 5 nitrogen and oxygen atoms in total. The fraction of sp³-hybridized carbons (Fsp3) is 0.636. The van der Waals surface area contributed by atoms with Crippen LogP contribution in [0.25, 0.3) is 0 Å². The highest BCUT2D eigenvalue weighted by atomic mass is 16.5. The van der Waals surface area contributed by atoms with Gasteiger partial charge in [-0.05, 0) is 25.1 Å². The lowest BCUT2D eigenvalue weighted by molar-refractivity contribution is 0.0378. The van der Waals surface area contributed by atoms with Gasteiger partial charge in [-0.15, -0.1) is 5.10 Å². The molecule has 1 saturated heterocycles. The van der Waals surface area contributed by atoms with Crippen LogP contribution in [0.2, 0.25) is 0 Å². The van der Waals surface area contributed by atoms with Crippen LogP contribution in [0.4, 0.5) is 5.82 Å². The van der Waals surface area contributed by atoms with E-state index in [9.17, 15) is 0 Å². The molecular formula is C11H18N4O. The largest absolute Gasteiger partial charge is 0.379 e. The average molecular weight is 222 g/mol. The molecule has 1 aromatic rings. The van der Waals surface area contributed by atoms with Crippen molar-refractivity contribution in [3.05, 3.63) is 18.3 Å². The van der Waals surface area contributed by atoms with E-state index in [4.69, 9.17) is 4.74 Å². The van der Waals surface area contributed by atoms with Gasteiger partial charge in [-0.3, -0.25) is 4.90 Å². The van der Waals surface area contributed by atoms with Crippen molar-refractivity contribution >= 4 is 5.82 Å². The van der Waals surface area contributed by atoms with Gasteiger partial charge < -0.3 is 10.1 Å². The minimum Gasteiger partial charge on any atom is -0.379 e. The zero-order chi connectivity index (χ0) is 11.1. The minimum atomic E-state index is 0.851. The number of ether oxygens (including phenoxy) is 1. The summed E-state index contributed by atoms with van der Waals surface area (Å²) in [5.41, 5.74) is 0. The van der Waals surface area contributed by atoms with Crippen LogP contribution in [0.1, 0.15) is 6.42 Å². The van der Waals surface area contributed by atoms with Gasteiger partial charge in [-0.1, -0.05) is 0 Å². The Kier molecular flexibility index (Phi) is 4.51. The van der Waals surface area contributed by atoms with Crippen molar-refractivity contribution in [2.24, 2.45) is 0 Å². The SMILES string of the molecule is c1cnnc(NCCCN2CCOCC2)c1. The number of nitrogens with one attached hydrogen (secondary N) is 1. The zero-order valence-corrected chi connectivity index (χ0v) is 9.43. The van der Waals surface area contributed by atoms with Crippen LogP contribution in [-0.2, 0) is 4.74 Å². The maximum absolute atomic E-state index is 5.30. The summed E-state index contributed by atoms with van der Waals surface area (Å²) in [4.78, 5) is 2.43. The van der Waals surface area contributed by atoms with Crippen LogP contribution < -0.4 is 5.32 Å². The third-order valence-corrected chi connectivity index (χ3v) is 2.63. The highest BCUT2D eigenvalue weighted by Crippen LogP contribution is 2.00. The second-order valence-electron chi connectivity index (χ2n) is 3.84. The Hall–Kier alpha value is -1.20. The Morgan fingerprint density at radius 1 is 1.38 bits per heavy atom.